The molecule has 3 heterocycles. The lowest BCUT2D eigenvalue weighted by atomic mass is 9.97. The Bertz CT molecular complexity index is 1210. The molecule has 0 saturated carbocycles. The Kier molecular flexibility index (Phi) is 8.66. The molecular weight excluding hydrogens is 504 g/mol. The summed E-state index contributed by atoms with van der Waals surface area (Å²) >= 11 is 0. The summed E-state index contributed by atoms with van der Waals surface area (Å²) in [7, 11) is 0. The summed E-state index contributed by atoms with van der Waals surface area (Å²) in [4.78, 5) is 31.7. The smallest absolute Gasteiger partial charge is 0.410 e. The van der Waals surface area contributed by atoms with E-state index in [-0.39, 0.29) is 18.0 Å². The molecular formula is C32H44N4O4. The number of nitrogens with zero attached hydrogens (tertiary/aromatic N) is 3. The van der Waals surface area contributed by atoms with Gasteiger partial charge in [0.25, 0.3) is 5.91 Å². The molecule has 0 aliphatic carbocycles. The van der Waals surface area contributed by atoms with Crippen LogP contribution in [-0.2, 0) is 24.1 Å². The van der Waals surface area contributed by atoms with Crippen LogP contribution in [0.15, 0.2) is 42.5 Å². The second-order valence-electron chi connectivity index (χ2n) is 12.5. The van der Waals surface area contributed by atoms with Gasteiger partial charge in [-0.15, -0.1) is 0 Å². The van der Waals surface area contributed by atoms with Gasteiger partial charge in [-0.1, -0.05) is 24.3 Å². The van der Waals surface area contributed by atoms with Gasteiger partial charge in [0.05, 0.1) is 6.10 Å². The standard InChI is InChI=1S/C32H44N4O4/c1-32(2,3)40-31(39)35-15-6-9-26(14-18-35)33-27-10-11-29-24(19-27)13-17-36(30(29)38)22-28(37)21-34-16-12-23-7-4-5-8-25(23)20-34/h4-5,7-8,10-11,19,26,28,33,37H,6,9,12-18,20-22H2,1-3H3. The predicted octanol–water partition coefficient (Wildman–Crippen LogP) is 4.31. The van der Waals surface area contributed by atoms with Gasteiger partial charge in [-0.2, -0.15) is 0 Å². The van der Waals surface area contributed by atoms with Crippen molar-refractivity contribution in [1.82, 2.24) is 14.7 Å². The molecule has 3 aliphatic rings. The first kappa shape index (κ1) is 28.4. The zero-order chi connectivity index (χ0) is 28.3. The highest BCUT2D eigenvalue weighted by Crippen LogP contribution is 2.26. The molecule has 2 amide bonds. The molecule has 2 N–H and O–H groups in total. The first-order chi connectivity index (χ1) is 19.1. The van der Waals surface area contributed by atoms with Crippen LogP contribution in [0.1, 0.15) is 67.1 Å². The van der Waals surface area contributed by atoms with E-state index >= 15 is 0 Å². The number of rotatable bonds is 6. The second-order valence-corrected chi connectivity index (χ2v) is 12.5. The van der Waals surface area contributed by atoms with Crippen LogP contribution in [0.25, 0.3) is 0 Å². The van der Waals surface area contributed by atoms with Crippen LogP contribution in [-0.4, -0.2) is 88.8 Å². The monoisotopic (exact) mass is 548 g/mol. The van der Waals surface area contributed by atoms with Gasteiger partial charge in [-0.3, -0.25) is 9.69 Å². The number of amides is 2. The minimum Gasteiger partial charge on any atom is -0.444 e. The molecule has 216 valence electrons. The third-order valence-electron chi connectivity index (χ3n) is 8.13. The van der Waals surface area contributed by atoms with E-state index in [1.165, 1.54) is 11.1 Å². The molecule has 40 heavy (non-hydrogen) atoms. The van der Waals surface area contributed by atoms with Gasteiger partial charge in [0.2, 0.25) is 0 Å². The summed E-state index contributed by atoms with van der Waals surface area (Å²) in [5, 5.41) is 14.5. The molecule has 2 aromatic rings. The van der Waals surface area contributed by atoms with E-state index in [4.69, 9.17) is 4.74 Å². The number of benzene rings is 2. The fraction of sp³-hybridized carbons (Fsp3) is 0.562. The molecule has 0 bridgehead atoms. The van der Waals surface area contributed by atoms with Crippen LogP contribution in [0.3, 0.4) is 0 Å². The van der Waals surface area contributed by atoms with E-state index in [9.17, 15) is 14.7 Å². The van der Waals surface area contributed by atoms with Crippen molar-refractivity contribution < 1.29 is 19.4 Å². The molecule has 1 saturated heterocycles. The van der Waals surface area contributed by atoms with Crippen molar-refractivity contribution in [3.63, 3.8) is 0 Å². The normalized spacial score (nSPS) is 20.8. The maximum absolute atomic E-state index is 13.3. The molecule has 0 radical (unpaired) electrons. The number of nitrogens with one attached hydrogen (secondary N) is 1. The Hall–Kier alpha value is -3.10. The quantitative estimate of drug-likeness (QED) is 0.560. The number of aliphatic hydroxyl groups excluding tert-OH is 1. The average Bonchev–Trinajstić information content (AvgIpc) is 3.15. The molecule has 0 aromatic heterocycles. The van der Waals surface area contributed by atoms with Gasteiger partial charge in [-0.25, -0.2) is 4.79 Å². The van der Waals surface area contributed by atoms with Crippen molar-refractivity contribution in [2.45, 2.75) is 77.2 Å². The van der Waals surface area contributed by atoms with Crippen molar-refractivity contribution in [3.05, 3.63) is 64.7 Å². The van der Waals surface area contributed by atoms with Gasteiger partial charge in [0.1, 0.15) is 5.60 Å². The summed E-state index contributed by atoms with van der Waals surface area (Å²) in [6.07, 6.45) is 3.70. The fourth-order valence-corrected chi connectivity index (χ4v) is 6.11. The van der Waals surface area contributed by atoms with E-state index < -0.39 is 11.7 Å². The first-order valence-corrected chi connectivity index (χ1v) is 14.8. The van der Waals surface area contributed by atoms with Crippen molar-refractivity contribution in [3.8, 4) is 0 Å². The number of hydrogen-bond donors (Lipinski definition) is 2. The zero-order valence-corrected chi connectivity index (χ0v) is 24.2. The van der Waals surface area contributed by atoms with Crippen LogP contribution in [0.4, 0.5) is 10.5 Å². The first-order valence-electron chi connectivity index (χ1n) is 14.8. The lowest BCUT2D eigenvalue weighted by Gasteiger charge is -2.34. The molecule has 2 atom stereocenters. The highest BCUT2D eigenvalue weighted by Gasteiger charge is 2.29. The maximum Gasteiger partial charge on any atom is 0.410 e. The lowest BCUT2D eigenvalue weighted by Crippen LogP contribution is -2.46. The van der Waals surface area contributed by atoms with Crippen LogP contribution in [0, 0.1) is 0 Å². The number of anilines is 1. The molecule has 8 nitrogen and oxygen atoms in total. The van der Waals surface area contributed by atoms with Crippen molar-refractivity contribution >= 4 is 17.7 Å². The Labute approximate surface area is 238 Å². The zero-order valence-electron chi connectivity index (χ0n) is 24.2. The van der Waals surface area contributed by atoms with Crippen molar-refractivity contribution in [1.29, 1.82) is 0 Å². The fourth-order valence-electron chi connectivity index (χ4n) is 6.11. The van der Waals surface area contributed by atoms with E-state index in [0.717, 1.165) is 62.0 Å². The summed E-state index contributed by atoms with van der Waals surface area (Å²) in [5.41, 5.74) is 5.03. The van der Waals surface area contributed by atoms with Crippen molar-refractivity contribution in [2.24, 2.45) is 0 Å². The highest BCUT2D eigenvalue weighted by molar-refractivity contribution is 5.97. The highest BCUT2D eigenvalue weighted by atomic mass is 16.6. The van der Waals surface area contributed by atoms with Crippen LogP contribution in [0.2, 0.25) is 0 Å². The second kappa shape index (κ2) is 12.2. The number of carbonyl (C=O) groups excluding carboxylic acids is 2. The third kappa shape index (κ3) is 7.15. The molecule has 3 aliphatic heterocycles. The predicted molar refractivity (Wildman–Crippen MR) is 157 cm³/mol. The van der Waals surface area contributed by atoms with Gasteiger partial charge in [-0.05, 0) is 87.8 Å². The minimum absolute atomic E-state index is 0.00157. The topological polar surface area (TPSA) is 85.3 Å². The molecule has 2 unspecified atom stereocenters. The van der Waals surface area contributed by atoms with Gasteiger partial charge in [0.15, 0.2) is 0 Å². The molecule has 8 heteroatoms. The van der Waals surface area contributed by atoms with E-state index in [1.807, 2.05) is 37.8 Å². The Balaban J connectivity index is 1.12. The van der Waals surface area contributed by atoms with Gasteiger partial charge >= 0.3 is 6.09 Å². The number of β-amino-alcohol motifs (C(OH)–C–C–N with tert-alkyl or cyclic N) is 1. The van der Waals surface area contributed by atoms with Gasteiger partial charge in [0, 0.05) is 63.1 Å². The summed E-state index contributed by atoms with van der Waals surface area (Å²) in [6.45, 7) is 10.4. The van der Waals surface area contributed by atoms with Crippen molar-refractivity contribution in [2.75, 3.05) is 44.6 Å². The molecule has 0 spiro atoms. The van der Waals surface area contributed by atoms with Crippen LogP contribution < -0.4 is 5.32 Å². The third-order valence-corrected chi connectivity index (χ3v) is 8.13. The number of likely N-dealkylation sites (tertiary alicyclic amines) is 1. The van der Waals surface area contributed by atoms with Crippen LogP contribution in [0.5, 0.6) is 0 Å². The Morgan fingerprint density at radius 2 is 1.77 bits per heavy atom. The lowest BCUT2D eigenvalue weighted by molar-refractivity contribution is 0.0256. The van der Waals surface area contributed by atoms with Gasteiger partial charge < -0.3 is 25.0 Å². The summed E-state index contributed by atoms with van der Waals surface area (Å²) < 4.78 is 5.55. The SMILES string of the molecule is CC(C)(C)OC(=O)N1CCCC(Nc2ccc3c(c2)CCN(CC(O)CN2CCc4ccccc4C2)C3=O)CC1. The Morgan fingerprint density at radius 1 is 1.00 bits per heavy atom. The maximum atomic E-state index is 13.3. The number of carbonyl (C=O) groups is 2. The number of aliphatic hydroxyl groups is 1. The van der Waals surface area contributed by atoms with Crippen LogP contribution >= 0.6 is 0 Å². The number of hydrogen-bond acceptors (Lipinski definition) is 6. The van der Waals surface area contributed by atoms with E-state index in [2.05, 4.69) is 40.5 Å². The average molecular weight is 549 g/mol. The summed E-state index contributed by atoms with van der Waals surface area (Å²) in [6, 6.07) is 14.8. The van der Waals surface area contributed by atoms with E-state index in [0.29, 0.717) is 32.7 Å². The minimum atomic E-state index is -0.577. The number of fused-ring (bicyclic) bond motifs is 2. The number of ether oxygens (including phenoxy) is 1. The van der Waals surface area contributed by atoms with E-state index in [1.54, 1.807) is 4.90 Å². The molecule has 5 rings (SSSR count). The largest absolute Gasteiger partial charge is 0.444 e. The molecule has 1 fully saturated rings. The summed E-state index contributed by atoms with van der Waals surface area (Å²) in [5.74, 6) is -0.00157. The Morgan fingerprint density at radius 3 is 2.58 bits per heavy atom. The molecule has 2 aromatic carbocycles.